The summed E-state index contributed by atoms with van der Waals surface area (Å²) >= 11 is 0. The molecule has 0 radical (unpaired) electrons. The summed E-state index contributed by atoms with van der Waals surface area (Å²) in [6.45, 7) is 2.76. The number of hydrogen-bond donors (Lipinski definition) is 0. The molecular formula is C18H16N2O. The fraction of sp³-hybridized carbons (Fsp3) is 0.222. The summed E-state index contributed by atoms with van der Waals surface area (Å²) in [6, 6.07) is 15.8. The number of nitrogens with zero attached hydrogens (tertiary/aromatic N) is 2. The molecule has 0 aromatic heterocycles. The average Bonchev–Trinajstić information content (AvgIpc) is 2.55. The Morgan fingerprint density at radius 1 is 1.14 bits per heavy atom. The van der Waals surface area contributed by atoms with Crippen LogP contribution in [0.1, 0.15) is 32.6 Å². The van der Waals surface area contributed by atoms with Crippen molar-refractivity contribution in [3.05, 3.63) is 70.3 Å². The molecule has 3 nitrogen and oxygen atoms in total. The molecule has 1 heterocycles. The number of carbonyl (C=O) groups excluding carboxylic acids is 1. The first kappa shape index (κ1) is 13.5. The van der Waals surface area contributed by atoms with Gasteiger partial charge in [-0.3, -0.25) is 9.69 Å². The van der Waals surface area contributed by atoms with Crippen LogP contribution >= 0.6 is 0 Å². The van der Waals surface area contributed by atoms with Crippen LogP contribution in [-0.4, -0.2) is 17.7 Å². The fourth-order valence-corrected chi connectivity index (χ4v) is 2.79. The smallest absolute Gasteiger partial charge is 0.150 e. The van der Waals surface area contributed by atoms with Crippen LogP contribution < -0.4 is 0 Å². The Morgan fingerprint density at radius 3 is 2.67 bits per heavy atom. The van der Waals surface area contributed by atoms with Crippen LogP contribution in [0.3, 0.4) is 0 Å². The number of rotatable bonds is 3. The predicted octanol–water partition coefficient (Wildman–Crippen LogP) is 2.93. The van der Waals surface area contributed by atoms with E-state index in [-0.39, 0.29) is 0 Å². The fourth-order valence-electron chi connectivity index (χ4n) is 2.79. The summed E-state index contributed by atoms with van der Waals surface area (Å²) in [6.07, 6.45) is 1.92. The van der Waals surface area contributed by atoms with Gasteiger partial charge in [-0.15, -0.1) is 0 Å². The third-order valence-electron chi connectivity index (χ3n) is 3.95. The van der Waals surface area contributed by atoms with Crippen LogP contribution in [0.5, 0.6) is 0 Å². The van der Waals surface area contributed by atoms with Crippen LogP contribution in [0.2, 0.25) is 0 Å². The standard InChI is InChI=1S/C18H16N2O/c19-10-14-1-3-15(4-2-14)11-20-8-7-17-6-5-16(13-21)9-18(17)12-20/h1-6,9,13H,7-8,11-12H2. The van der Waals surface area contributed by atoms with Crippen LogP contribution in [0.15, 0.2) is 42.5 Å². The van der Waals surface area contributed by atoms with Gasteiger partial charge in [0.2, 0.25) is 0 Å². The minimum atomic E-state index is 0.693. The molecule has 0 atom stereocenters. The zero-order chi connectivity index (χ0) is 14.7. The number of nitriles is 1. The summed E-state index contributed by atoms with van der Waals surface area (Å²) in [5.41, 5.74) is 5.24. The Kier molecular flexibility index (Phi) is 3.81. The maximum Gasteiger partial charge on any atom is 0.150 e. The molecular weight excluding hydrogens is 260 g/mol. The van der Waals surface area contributed by atoms with E-state index in [4.69, 9.17) is 5.26 Å². The Morgan fingerprint density at radius 2 is 1.95 bits per heavy atom. The van der Waals surface area contributed by atoms with Gasteiger partial charge in [-0.2, -0.15) is 5.26 Å². The highest BCUT2D eigenvalue weighted by molar-refractivity contribution is 5.75. The van der Waals surface area contributed by atoms with E-state index < -0.39 is 0 Å². The Balaban J connectivity index is 1.73. The molecule has 104 valence electrons. The number of benzene rings is 2. The molecule has 21 heavy (non-hydrogen) atoms. The molecule has 2 aromatic rings. The first-order valence-corrected chi connectivity index (χ1v) is 7.07. The number of aldehydes is 1. The minimum Gasteiger partial charge on any atom is -0.298 e. The molecule has 2 aromatic carbocycles. The SMILES string of the molecule is N#Cc1ccc(CN2CCc3ccc(C=O)cc3C2)cc1. The zero-order valence-corrected chi connectivity index (χ0v) is 11.7. The lowest BCUT2D eigenvalue weighted by molar-refractivity contribution is 0.112. The van der Waals surface area contributed by atoms with Crippen molar-refractivity contribution in [2.75, 3.05) is 6.54 Å². The molecule has 1 aliphatic heterocycles. The van der Waals surface area contributed by atoms with E-state index in [1.807, 2.05) is 36.4 Å². The average molecular weight is 276 g/mol. The quantitative estimate of drug-likeness (QED) is 0.810. The van der Waals surface area contributed by atoms with E-state index in [9.17, 15) is 4.79 Å². The predicted molar refractivity (Wildman–Crippen MR) is 80.8 cm³/mol. The third kappa shape index (κ3) is 3.01. The third-order valence-corrected chi connectivity index (χ3v) is 3.95. The second-order valence-electron chi connectivity index (χ2n) is 5.42. The molecule has 0 fully saturated rings. The molecule has 0 spiro atoms. The van der Waals surface area contributed by atoms with Gasteiger partial charge >= 0.3 is 0 Å². The van der Waals surface area contributed by atoms with Crippen LogP contribution in [0, 0.1) is 11.3 Å². The lowest BCUT2D eigenvalue weighted by Crippen LogP contribution is -2.30. The Bertz CT molecular complexity index is 698. The summed E-state index contributed by atoms with van der Waals surface area (Å²) in [4.78, 5) is 13.3. The number of hydrogen-bond acceptors (Lipinski definition) is 3. The van der Waals surface area contributed by atoms with Crippen molar-refractivity contribution in [3.63, 3.8) is 0 Å². The highest BCUT2D eigenvalue weighted by Crippen LogP contribution is 2.21. The minimum absolute atomic E-state index is 0.693. The van der Waals surface area contributed by atoms with E-state index in [2.05, 4.69) is 17.0 Å². The topological polar surface area (TPSA) is 44.1 Å². The Labute approximate surface area is 124 Å². The van der Waals surface area contributed by atoms with Gasteiger partial charge in [0.25, 0.3) is 0 Å². The molecule has 0 unspecified atom stereocenters. The number of fused-ring (bicyclic) bond motifs is 1. The summed E-state index contributed by atoms with van der Waals surface area (Å²) in [5.74, 6) is 0. The van der Waals surface area contributed by atoms with Crippen LogP contribution in [0.4, 0.5) is 0 Å². The van der Waals surface area contributed by atoms with Gasteiger partial charge in [-0.05, 0) is 41.3 Å². The van der Waals surface area contributed by atoms with E-state index in [0.29, 0.717) is 5.56 Å². The Hall–Kier alpha value is -2.44. The largest absolute Gasteiger partial charge is 0.298 e. The first-order chi connectivity index (χ1) is 10.3. The van der Waals surface area contributed by atoms with Gasteiger partial charge < -0.3 is 0 Å². The lowest BCUT2D eigenvalue weighted by Gasteiger charge is -2.29. The lowest BCUT2D eigenvalue weighted by atomic mass is 9.97. The van der Waals surface area contributed by atoms with E-state index in [1.54, 1.807) is 0 Å². The second-order valence-corrected chi connectivity index (χ2v) is 5.42. The zero-order valence-electron chi connectivity index (χ0n) is 11.7. The molecule has 0 saturated heterocycles. The second kappa shape index (κ2) is 5.90. The van der Waals surface area contributed by atoms with Gasteiger partial charge in [0, 0.05) is 25.2 Å². The van der Waals surface area contributed by atoms with E-state index >= 15 is 0 Å². The van der Waals surface area contributed by atoms with Crippen molar-refractivity contribution in [2.24, 2.45) is 0 Å². The molecule has 0 aliphatic carbocycles. The van der Waals surface area contributed by atoms with Crippen LogP contribution in [0.25, 0.3) is 0 Å². The first-order valence-electron chi connectivity index (χ1n) is 7.07. The van der Waals surface area contributed by atoms with E-state index in [0.717, 1.165) is 37.9 Å². The van der Waals surface area contributed by atoms with E-state index in [1.165, 1.54) is 16.7 Å². The molecule has 0 amide bonds. The van der Waals surface area contributed by atoms with Gasteiger partial charge in [0.1, 0.15) is 6.29 Å². The van der Waals surface area contributed by atoms with Gasteiger partial charge in [-0.1, -0.05) is 24.3 Å². The summed E-state index contributed by atoms with van der Waals surface area (Å²) in [5, 5.41) is 8.82. The van der Waals surface area contributed by atoms with Crippen LogP contribution in [-0.2, 0) is 19.5 Å². The number of carbonyl (C=O) groups is 1. The normalized spacial score (nSPS) is 14.2. The van der Waals surface area contributed by atoms with Crippen molar-refractivity contribution in [2.45, 2.75) is 19.5 Å². The highest BCUT2D eigenvalue weighted by Gasteiger charge is 2.16. The maximum absolute atomic E-state index is 10.9. The highest BCUT2D eigenvalue weighted by atomic mass is 16.1. The maximum atomic E-state index is 10.9. The van der Waals surface area contributed by atoms with Crippen molar-refractivity contribution >= 4 is 6.29 Å². The van der Waals surface area contributed by atoms with Crippen molar-refractivity contribution < 1.29 is 4.79 Å². The molecule has 0 N–H and O–H groups in total. The molecule has 1 aliphatic rings. The van der Waals surface area contributed by atoms with Gasteiger partial charge in [0.15, 0.2) is 0 Å². The molecule has 3 heteroatoms. The van der Waals surface area contributed by atoms with Gasteiger partial charge in [0.05, 0.1) is 11.6 Å². The molecule has 0 bridgehead atoms. The van der Waals surface area contributed by atoms with Crippen molar-refractivity contribution in [1.29, 1.82) is 5.26 Å². The molecule has 3 rings (SSSR count). The monoisotopic (exact) mass is 276 g/mol. The van der Waals surface area contributed by atoms with Crippen molar-refractivity contribution in [3.8, 4) is 6.07 Å². The molecule has 0 saturated carbocycles. The summed E-state index contributed by atoms with van der Waals surface area (Å²) in [7, 11) is 0. The van der Waals surface area contributed by atoms with Crippen molar-refractivity contribution in [1.82, 2.24) is 4.90 Å². The summed E-state index contributed by atoms with van der Waals surface area (Å²) < 4.78 is 0. The van der Waals surface area contributed by atoms with Gasteiger partial charge in [-0.25, -0.2) is 0 Å².